The number of benzene rings is 1. The SMILES string of the molecule is CC(C)[C@H](Sc1nnnn1C[C@H]1CCCO1)C(=O)Nc1ccc(F)cc1. The van der Waals surface area contributed by atoms with Crippen LogP contribution in [0.25, 0.3) is 0 Å². The van der Waals surface area contributed by atoms with Gasteiger partial charge in [0.05, 0.1) is 17.9 Å². The summed E-state index contributed by atoms with van der Waals surface area (Å²) in [5.41, 5.74) is 0.557. The number of amides is 1. The molecule has 0 unspecified atom stereocenters. The summed E-state index contributed by atoms with van der Waals surface area (Å²) in [5, 5.41) is 14.9. The molecule has 1 amide bonds. The number of rotatable bonds is 7. The average molecular weight is 379 g/mol. The van der Waals surface area contributed by atoms with Crippen LogP contribution in [0.4, 0.5) is 10.1 Å². The van der Waals surface area contributed by atoms with Gasteiger partial charge in [-0.3, -0.25) is 4.79 Å². The van der Waals surface area contributed by atoms with Gasteiger partial charge in [0, 0.05) is 12.3 Å². The van der Waals surface area contributed by atoms with Crippen molar-refractivity contribution in [3.05, 3.63) is 30.1 Å². The number of aromatic nitrogens is 4. The first-order valence-electron chi connectivity index (χ1n) is 8.64. The minimum atomic E-state index is -0.380. The fourth-order valence-corrected chi connectivity index (χ4v) is 3.71. The number of carbonyl (C=O) groups excluding carboxylic acids is 1. The molecular formula is C17H22FN5O2S. The van der Waals surface area contributed by atoms with E-state index in [0.29, 0.717) is 17.4 Å². The van der Waals surface area contributed by atoms with Gasteiger partial charge in [-0.2, -0.15) is 0 Å². The lowest BCUT2D eigenvalue weighted by molar-refractivity contribution is -0.116. The van der Waals surface area contributed by atoms with E-state index >= 15 is 0 Å². The molecule has 3 rings (SSSR count). The van der Waals surface area contributed by atoms with Crippen LogP contribution in [0.5, 0.6) is 0 Å². The lowest BCUT2D eigenvalue weighted by Gasteiger charge is -2.19. The van der Waals surface area contributed by atoms with Crippen molar-refractivity contribution in [3.63, 3.8) is 0 Å². The summed E-state index contributed by atoms with van der Waals surface area (Å²) in [5.74, 6) is -0.442. The minimum absolute atomic E-state index is 0.0633. The molecule has 0 aliphatic carbocycles. The van der Waals surface area contributed by atoms with Crippen molar-refractivity contribution in [2.45, 2.75) is 49.7 Å². The van der Waals surface area contributed by atoms with E-state index in [9.17, 15) is 9.18 Å². The molecule has 2 atom stereocenters. The van der Waals surface area contributed by atoms with Crippen LogP contribution in [0.1, 0.15) is 26.7 Å². The Morgan fingerprint density at radius 2 is 2.19 bits per heavy atom. The second-order valence-electron chi connectivity index (χ2n) is 6.56. The summed E-state index contributed by atoms with van der Waals surface area (Å²) in [6.45, 7) is 5.29. The van der Waals surface area contributed by atoms with E-state index in [1.807, 2.05) is 13.8 Å². The highest BCUT2D eigenvalue weighted by molar-refractivity contribution is 8.00. The Morgan fingerprint density at radius 3 is 2.85 bits per heavy atom. The summed E-state index contributed by atoms with van der Waals surface area (Å²) in [6, 6.07) is 5.71. The van der Waals surface area contributed by atoms with Gasteiger partial charge >= 0.3 is 0 Å². The van der Waals surface area contributed by atoms with Crippen LogP contribution in [0.15, 0.2) is 29.4 Å². The normalized spacial score (nSPS) is 18.2. The van der Waals surface area contributed by atoms with Gasteiger partial charge in [-0.1, -0.05) is 25.6 Å². The molecule has 0 spiro atoms. The predicted molar refractivity (Wildman–Crippen MR) is 96.3 cm³/mol. The van der Waals surface area contributed by atoms with Gasteiger partial charge in [0.15, 0.2) is 0 Å². The zero-order chi connectivity index (χ0) is 18.5. The first-order valence-corrected chi connectivity index (χ1v) is 9.51. The van der Waals surface area contributed by atoms with Crippen molar-refractivity contribution in [2.75, 3.05) is 11.9 Å². The maximum absolute atomic E-state index is 13.0. The largest absolute Gasteiger partial charge is 0.376 e. The quantitative estimate of drug-likeness (QED) is 0.745. The van der Waals surface area contributed by atoms with Crippen LogP contribution in [0, 0.1) is 11.7 Å². The molecule has 1 aromatic heterocycles. The van der Waals surface area contributed by atoms with Crippen LogP contribution in [-0.4, -0.2) is 44.1 Å². The number of halogens is 1. The number of hydrogen-bond donors (Lipinski definition) is 1. The fraction of sp³-hybridized carbons (Fsp3) is 0.529. The number of ether oxygens (including phenoxy) is 1. The molecule has 2 aromatic rings. The smallest absolute Gasteiger partial charge is 0.238 e. The number of anilines is 1. The molecule has 0 radical (unpaired) electrons. The average Bonchev–Trinajstić information content (AvgIpc) is 3.27. The Hall–Kier alpha value is -2.00. The lowest BCUT2D eigenvalue weighted by atomic mass is 10.1. The molecule has 1 aliphatic rings. The van der Waals surface area contributed by atoms with Crippen LogP contribution >= 0.6 is 11.8 Å². The fourth-order valence-electron chi connectivity index (χ4n) is 2.73. The first-order chi connectivity index (χ1) is 12.5. The molecule has 1 saturated heterocycles. The van der Waals surface area contributed by atoms with Gasteiger partial charge < -0.3 is 10.1 Å². The Morgan fingerprint density at radius 1 is 1.42 bits per heavy atom. The van der Waals surface area contributed by atoms with Crippen LogP contribution in [0.3, 0.4) is 0 Å². The summed E-state index contributed by atoms with van der Waals surface area (Å²) in [7, 11) is 0. The first kappa shape index (κ1) is 18.8. The molecule has 0 saturated carbocycles. The predicted octanol–water partition coefficient (Wildman–Crippen LogP) is 2.75. The van der Waals surface area contributed by atoms with Gasteiger partial charge in [0.25, 0.3) is 0 Å². The second kappa shape index (κ2) is 8.59. The van der Waals surface area contributed by atoms with E-state index < -0.39 is 0 Å². The number of thioether (sulfide) groups is 1. The van der Waals surface area contributed by atoms with E-state index in [1.54, 1.807) is 4.68 Å². The van der Waals surface area contributed by atoms with Crippen molar-refractivity contribution < 1.29 is 13.9 Å². The van der Waals surface area contributed by atoms with Gasteiger partial charge in [-0.25, -0.2) is 9.07 Å². The summed E-state index contributed by atoms with van der Waals surface area (Å²) >= 11 is 1.33. The van der Waals surface area contributed by atoms with Crippen molar-refractivity contribution >= 4 is 23.4 Å². The van der Waals surface area contributed by atoms with Crippen molar-refractivity contribution in [3.8, 4) is 0 Å². The molecule has 1 fully saturated rings. The Labute approximate surface area is 155 Å². The summed E-state index contributed by atoms with van der Waals surface area (Å²) < 4.78 is 20.4. The minimum Gasteiger partial charge on any atom is -0.376 e. The van der Waals surface area contributed by atoms with E-state index in [0.717, 1.165) is 19.4 Å². The molecule has 1 aromatic carbocycles. The third-order valence-electron chi connectivity index (χ3n) is 4.11. The standard InChI is InChI=1S/C17H22FN5O2S/c1-11(2)15(16(24)19-13-7-5-12(18)6-8-13)26-17-20-21-22-23(17)10-14-4-3-9-25-14/h5-8,11,14-15H,3-4,9-10H2,1-2H3,(H,19,24)/t14-,15+/m1/s1. The van der Waals surface area contributed by atoms with Crippen LogP contribution in [0.2, 0.25) is 0 Å². The number of nitrogens with one attached hydrogen (secondary N) is 1. The molecule has 140 valence electrons. The molecule has 26 heavy (non-hydrogen) atoms. The van der Waals surface area contributed by atoms with E-state index in [-0.39, 0.29) is 29.0 Å². The number of carbonyl (C=O) groups is 1. The topological polar surface area (TPSA) is 81.9 Å². The van der Waals surface area contributed by atoms with E-state index in [2.05, 4.69) is 20.8 Å². The van der Waals surface area contributed by atoms with Gasteiger partial charge in [0.1, 0.15) is 5.82 Å². The highest BCUT2D eigenvalue weighted by atomic mass is 32.2. The maximum Gasteiger partial charge on any atom is 0.238 e. The van der Waals surface area contributed by atoms with Crippen molar-refractivity contribution in [2.24, 2.45) is 5.92 Å². The molecule has 1 N–H and O–H groups in total. The Kier molecular flexibility index (Phi) is 6.20. The van der Waals surface area contributed by atoms with Gasteiger partial charge in [-0.15, -0.1) is 5.10 Å². The van der Waals surface area contributed by atoms with Gasteiger partial charge in [0.2, 0.25) is 11.1 Å². The molecule has 0 bridgehead atoms. The molecule has 2 heterocycles. The van der Waals surface area contributed by atoms with E-state index in [4.69, 9.17) is 4.74 Å². The molecule has 9 heteroatoms. The third-order valence-corrected chi connectivity index (χ3v) is 5.62. The lowest BCUT2D eigenvalue weighted by Crippen LogP contribution is -2.30. The Bertz CT molecular complexity index is 731. The zero-order valence-corrected chi connectivity index (χ0v) is 15.6. The number of tetrazole rings is 1. The number of nitrogens with zero attached hydrogens (tertiary/aromatic N) is 4. The molecule has 7 nitrogen and oxygen atoms in total. The summed E-state index contributed by atoms with van der Waals surface area (Å²) in [6.07, 6.45) is 2.15. The van der Waals surface area contributed by atoms with Crippen LogP contribution < -0.4 is 5.32 Å². The Balaban J connectivity index is 1.67. The van der Waals surface area contributed by atoms with Crippen LogP contribution in [-0.2, 0) is 16.1 Å². The molecular weight excluding hydrogens is 357 g/mol. The maximum atomic E-state index is 13.0. The highest BCUT2D eigenvalue weighted by Crippen LogP contribution is 2.28. The van der Waals surface area contributed by atoms with Crippen molar-refractivity contribution in [1.82, 2.24) is 20.2 Å². The highest BCUT2D eigenvalue weighted by Gasteiger charge is 2.27. The van der Waals surface area contributed by atoms with Gasteiger partial charge in [-0.05, 0) is 53.5 Å². The number of hydrogen-bond acceptors (Lipinski definition) is 6. The third kappa shape index (κ3) is 4.79. The van der Waals surface area contributed by atoms with Crippen molar-refractivity contribution in [1.29, 1.82) is 0 Å². The second-order valence-corrected chi connectivity index (χ2v) is 7.67. The monoisotopic (exact) mass is 379 g/mol. The van der Waals surface area contributed by atoms with E-state index in [1.165, 1.54) is 36.0 Å². The summed E-state index contributed by atoms with van der Waals surface area (Å²) in [4.78, 5) is 12.7. The molecule has 1 aliphatic heterocycles. The zero-order valence-electron chi connectivity index (χ0n) is 14.8.